The summed E-state index contributed by atoms with van der Waals surface area (Å²) in [5.74, 6) is -0.224. The molecule has 3 rings (SSSR count). The van der Waals surface area contributed by atoms with E-state index >= 15 is 0 Å². The van der Waals surface area contributed by atoms with Gasteiger partial charge in [-0.15, -0.1) is 11.3 Å². The van der Waals surface area contributed by atoms with Crippen molar-refractivity contribution in [1.29, 1.82) is 0 Å². The Morgan fingerprint density at radius 1 is 1.38 bits per heavy atom. The van der Waals surface area contributed by atoms with E-state index in [0.717, 1.165) is 16.3 Å². The van der Waals surface area contributed by atoms with Crippen LogP contribution in [0.3, 0.4) is 0 Å². The van der Waals surface area contributed by atoms with E-state index in [4.69, 9.17) is 4.74 Å². The third kappa shape index (κ3) is 1.65. The van der Waals surface area contributed by atoms with Crippen molar-refractivity contribution in [3.05, 3.63) is 47.1 Å². The number of fused-ring (bicyclic) bond motifs is 1. The van der Waals surface area contributed by atoms with Crippen LogP contribution in [0, 0.1) is 5.82 Å². The maximum Gasteiger partial charge on any atom is 0.198 e. The number of hydrogen-bond acceptors (Lipinski definition) is 3. The number of rotatable bonds is 1. The first-order valence-corrected chi connectivity index (χ1v) is 5.94. The summed E-state index contributed by atoms with van der Waals surface area (Å²) in [5.41, 5.74) is 1.89. The molecule has 1 aromatic carbocycles. The Hall–Kier alpha value is -1.55. The molecule has 2 heterocycles. The van der Waals surface area contributed by atoms with Crippen LogP contribution in [-0.2, 0) is 0 Å². The Bertz CT molecular complexity index is 511. The van der Waals surface area contributed by atoms with Crippen molar-refractivity contribution < 1.29 is 9.13 Å². The quantitative estimate of drug-likeness (QED) is 0.817. The van der Waals surface area contributed by atoms with E-state index in [-0.39, 0.29) is 11.9 Å². The Morgan fingerprint density at radius 2 is 2.31 bits per heavy atom. The smallest absolute Gasteiger partial charge is 0.198 e. The fourth-order valence-corrected chi connectivity index (χ4v) is 2.55. The van der Waals surface area contributed by atoms with E-state index in [0.29, 0.717) is 6.54 Å². The van der Waals surface area contributed by atoms with Crippen molar-refractivity contribution in [3.8, 4) is 5.06 Å². The lowest BCUT2D eigenvalue weighted by Crippen LogP contribution is -2.22. The maximum atomic E-state index is 13.1. The summed E-state index contributed by atoms with van der Waals surface area (Å²) in [7, 11) is 0. The molecule has 2 nitrogen and oxygen atoms in total. The van der Waals surface area contributed by atoms with Gasteiger partial charge in [-0.2, -0.15) is 0 Å². The molecule has 0 bridgehead atoms. The van der Waals surface area contributed by atoms with E-state index in [1.54, 1.807) is 17.4 Å². The van der Waals surface area contributed by atoms with Crippen LogP contribution in [0.2, 0.25) is 0 Å². The SMILES string of the molecule is Fc1cccc(C2CNc3ccsc3O2)c1. The van der Waals surface area contributed by atoms with Crippen LogP contribution in [0.15, 0.2) is 35.7 Å². The molecular weight excluding hydrogens is 225 g/mol. The Labute approximate surface area is 96.7 Å². The molecule has 0 saturated carbocycles. The van der Waals surface area contributed by atoms with E-state index in [9.17, 15) is 4.39 Å². The summed E-state index contributed by atoms with van der Waals surface area (Å²) in [6.07, 6.45) is -0.109. The third-order valence-corrected chi connectivity index (χ3v) is 3.38. The van der Waals surface area contributed by atoms with Gasteiger partial charge in [0.15, 0.2) is 5.06 Å². The zero-order chi connectivity index (χ0) is 11.0. The molecule has 82 valence electrons. The molecular formula is C12H10FNOS. The number of anilines is 1. The predicted molar refractivity (Wildman–Crippen MR) is 62.6 cm³/mol. The van der Waals surface area contributed by atoms with Gasteiger partial charge in [0.2, 0.25) is 0 Å². The zero-order valence-electron chi connectivity index (χ0n) is 8.44. The monoisotopic (exact) mass is 235 g/mol. The molecule has 0 fully saturated rings. The molecule has 1 N–H and O–H groups in total. The highest BCUT2D eigenvalue weighted by atomic mass is 32.1. The van der Waals surface area contributed by atoms with Crippen molar-refractivity contribution in [3.63, 3.8) is 0 Å². The summed E-state index contributed by atoms with van der Waals surface area (Å²) < 4.78 is 18.9. The number of hydrogen-bond donors (Lipinski definition) is 1. The van der Waals surface area contributed by atoms with Crippen molar-refractivity contribution in [2.45, 2.75) is 6.10 Å². The number of nitrogens with one attached hydrogen (secondary N) is 1. The largest absolute Gasteiger partial charge is 0.472 e. The molecule has 0 amide bonds. The summed E-state index contributed by atoms with van der Waals surface area (Å²) in [5, 5.41) is 6.13. The van der Waals surface area contributed by atoms with Gasteiger partial charge in [0.05, 0.1) is 12.2 Å². The predicted octanol–water partition coefficient (Wildman–Crippen LogP) is 3.43. The second-order valence-corrected chi connectivity index (χ2v) is 4.54. The second-order valence-electron chi connectivity index (χ2n) is 3.66. The van der Waals surface area contributed by atoms with Crippen molar-refractivity contribution in [1.82, 2.24) is 0 Å². The normalized spacial score (nSPS) is 18.4. The van der Waals surface area contributed by atoms with Gasteiger partial charge in [0.25, 0.3) is 0 Å². The third-order valence-electron chi connectivity index (χ3n) is 2.58. The highest BCUT2D eigenvalue weighted by Gasteiger charge is 2.21. The highest BCUT2D eigenvalue weighted by Crippen LogP contribution is 2.38. The van der Waals surface area contributed by atoms with Crippen LogP contribution in [0.25, 0.3) is 0 Å². The van der Waals surface area contributed by atoms with Crippen LogP contribution in [0.5, 0.6) is 5.06 Å². The minimum atomic E-state index is -0.224. The average Bonchev–Trinajstić information content (AvgIpc) is 2.75. The van der Waals surface area contributed by atoms with E-state index in [1.807, 2.05) is 17.5 Å². The van der Waals surface area contributed by atoms with Gasteiger partial charge in [-0.25, -0.2) is 4.39 Å². The summed E-state index contributed by atoms with van der Waals surface area (Å²) >= 11 is 1.55. The molecule has 4 heteroatoms. The van der Waals surface area contributed by atoms with Crippen LogP contribution in [-0.4, -0.2) is 6.54 Å². The molecule has 0 spiro atoms. The molecule has 2 aromatic rings. The zero-order valence-corrected chi connectivity index (χ0v) is 9.26. The Morgan fingerprint density at radius 3 is 3.19 bits per heavy atom. The minimum absolute atomic E-state index is 0.109. The van der Waals surface area contributed by atoms with Gasteiger partial charge >= 0.3 is 0 Å². The van der Waals surface area contributed by atoms with Gasteiger partial charge in [0.1, 0.15) is 11.9 Å². The van der Waals surface area contributed by atoms with Crippen LogP contribution in [0.4, 0.5) is 10.1 Å². The van der Waals surface area contributed by atoms with Gasteiger partial charge in [0, 0.05) is 0 Å². The first kappa shape index (κ1) is 9.66. The molecule has 0 radical (unpaired) electrons. The fraction of sp³-hybridized carbons (Fsp3) is 0.167. The Kier molecular flexibility index (Phi) is 2.29. The second kappa shape index (κ2) is 3.79. The summed E-state index contributed by atoms with van der Waals surface area (Å²) in [4.78, 5) is 0. The van der Waals surface area contributed by atoms with E-state index in [2.05, 4.69) is 5.32 Å². The minimum Gasteiger partial charge on any atom is -0.472 e. The lowest BCUT2D eigenvalue weighted by atomic mass is 10.1. The maximum absolute atomic E-state index is 13.1. The van der Waals surface area contributed by atoms with Crippen molar-refractivity contribution in [2.24, 2.45) is 0 Å². The van der Waals surface area contributed by atoms with Gasteiger partial charge in [-0.1, -0.05) is 12.1 Å². The average molecular weight is 235 g/mol. The van der Waals surface area contributed by atoms with Gasteiger partial charge < -0.3 is 10.1 Å². The van der Waals surface area contributed by atoms with Gasteiger partial charge in [-0.3, -0.25) is 0 Å². The molecule has 16 heavy (non-hydrogen) atoms. The number of ether oxygens (including phenoxy) is 1. The fourth-order valence-electron chi connectivity index (χ4n) is 1.78. The Balaban J connectivity index is 1.88. The van der Waals surface area contributed by atoms with Crippen LogP contribution >= 0.6 is 11.3 Å². The lowest BCUT2D eigenvalue weighted by molar-refractivity contribution is 0.217. The molecule has 0 aliphatic carbocycles. The first-order chi connectivity index (χ1) is 7.83. The molecule has 1 unspecified atom stereocenters. The molecule has 1 aliphatic rings. The van der Waals surface area contributed by atoms with Crippen LogP contribution in [0.1, 0.15) is 11.7 Å². The summed E-state index contributed by atoms with van der Waals surface area (Å²) in [6, 6.07) is 8.54. The first-order valence-electron chi connectivity index (χ1n) is 5.06. The van der Waals surface area contributed by atoms with Crippen LogP contribution < -0.4 is 10.1 Å². The lowest BCUT2D eigenvalue weighted by Gasteiger charge is -2.25. The standard InChI is InChI=1S/C12H10FNOS/c13-9-3-1-2-8(6-9)11-7-14-10-4-5-16-12(10)15-11/h1-6,11,14H,7H2. The van der Waals surface area contributed by atoms with Crippen molar-refractivity contribution >= 4 is 17.0 Å². The number of halogens is 1. The van der Waals surface area contributed by atoms with Gasteiger partial charge in [-0.05, 0) is 29.1 Å². The molecule has 1 aliphatic heterocycles. The molecule has 0 saturated heterocycles. The topological polar surface area (TPSA) is 21.3 Å². The summed E-state index contributed by atoms with van der Waals surface area (Å²) in [6.45, 7) is 0.674. The van der Waals surface area contributed by atoms with E-state index < -0.39 is 0 Å². The molecule has 1 aromatic heterocycles. The number of benzene rings is 1. The van der Waals surface area contributed by atoms with Crippen molar-refractivity contribution in [2.75, 3.05) is 11.9 Å². The molecule has 1 atom stereocenters. The highest BCUT2D eigenvalue weighted by molar-refractivity contribution is 7.12. The number of thiophene rings is 1. The van der Waals surface area contributed by atoms with E-state index in [1.165, 1.54) is 12.1 Å².